The van der Waals surface area contributed by atoms with Gasteiger partial charge in [-0.3, -0.25) is 0 Å². The first-order valence-electron chi connectivity index (χ1n) is 4.42. The predicted molar refractivity (Wildman–Crippen MR) is 46.2 cm³/mol. The summed E-state index contributed by atoms with van der Waals surface area (Å²) in [5.41, 5.74) is -1.29. The van der Waals surface area contributed by atoms with Crippen molar-refractivity contribution in [2.75, 3.05) is 6.67 Å². The normalized spacial score (nSPS) is 13.8. The second-order valence-corrected chi connectivity index (χ2v) is 3.35. The van der Waals surface area contributed by atoms with Crippen molar-refractivity contribution in [3.63, 3.8) is 0 Å². The molecule has 0 amide bonds. The van der Waals surface area contributed by atoms with Gasteiger partial charge in [0.1, 0.15) is 0 Å². The Morgan fingerprint density at radius 2 is 1.29 bits per heavy atom. The Kier molecular flexibility index (Phi) is 3.40. The standard InChI is InChI=1S/C10H7F7/c11-6-8(12,13)10(16,17)9(14,15)7-4-2-1-3-5-7/h1-5H,6H2. The molecule has 0 aliphatic rings. The zero-order valence-electron chi connectivity index (χ0n) is 8.24. The van der Waals surface area contributed by atoms with Gasteiger partial charge in [-0.25, -0.2) is 4.39 Å². The molecule has 17 heavy (non-hydrogen) atoms. The van der Waals surface area contributed by atoms with Crippen molar-refractivity contribution in [3.05, 3.63) is 35.9 Å². The molecule has 0 saturated carbocycles. The lowest BCUT2D eigenvalue weighted by molar-refractivity contribution is -0.317. The van der Waals surface area contributed by atoms with Crippen molar-refractivity contribution in [1.82, 2.24) is 0 Å². The summed E-state index contributed by atoms with van der Waals surface area (Å²) >= 11 is 0. The Morgan fingerprint density at radius 1 is 0.824 bits per heavy atom. The number of benzene rings is 1. The van der Waals surface area contributed by atoms with Gasteiger partial charge in [-0.15, -0.1) is 0 Å². The van der Waals surface area contributed by atoms with Gasteiger partial charge >= 0.3 is 17.8 Å². The topological polar surface area (TPSA) is 0 Å². The average Bonchev–Trinajstić information content (AvgIpc) is 2.29. The largest absolute Gasteiger partial charge is 0.378 e. The molecule has 1 rings (SSSR count). The van der Waals surface area contributed by atoms with Crippen molar-refractivity contribution in [2.45, 2.75) is 17.8 Å². The van der Waals surface area contributed by atoms with Crippen LogP contribution in [0.15, 0.2) is 30.3 Å². The van der Waals surface area contributed by atoms with Crippen LogP contribution in [0.5, 0.6) is 0 Å². The predicted octanol–water partition coefficient (Wildman–Crippen LogP) is 4.02. The first-order chi connectivity index (χ1) is 7.67. The third kappa shape index (κ3) is 2.10. The van der Waals surface area contributed by atoms with E-state index in [1.54, 1.807) is 0 Å². The molecule has 7 heteroatoms. The minimum atomic E-state index is -5.80. The monoisotopic (exact) mass is 260 g/mol. The average molecular weight is 260 g/mol. The summed E-state index contributed by atoms with van der Waals surface area (Å²) in [6.45, 7) is -2.86. The van der Waals surface area contributed by atoms with Crippen LogP contribution in [0.2, 0.25) is 0 Å². The highest BCUT2D eigenvalue weighted by Gasteiger charge is 2.72. The molecule has 0 atom stereocenters. The molecule has 1 aromatic rings. The van der Waals surface area contributed by atoms with Crippen molar-refractivity contribution in [2.24, 2.45) is 0 Å². The fourth-order valence-electron chi connectivity index (χ4n) is 1.14. The minimum absolute atomic E-state index is 0.572. The van der Waals surface area contributed by atoms with E-state index in [0.717, 1.165) is 12.1 Å². The highest BCUT2D eigenvalue weighted by Crippen LogP contribution is 2.51. The second kappa shape index (κ2) is 4.19. The molecule has 0 N–H and O–H groups in total. The summed E-state index contributed by atoms with van der Waals surface area (Å²) < 4.78 is 89.1. The number of alkyl halides is 7. The Labute approximate surface area is 92.0 Å². The Morgan fingerprint density at radius 3 is 1.71 bits per heavy atom. The zero-order valence-corrected chi connectivity index (χ0v) is 8.24. The van der Waals surface area contributed by atoms with Gasteiger partial charge in [0.05, 0.1) is 0 Å². The molecule has 0 aliphatic heterocycles. The molecule has 96 valence electrons. The van der Waals surface area contributed by atoms with E-state index < -0.39 is 30.0 Å². The number of hydrogen-bond donors (Lipinski definition) is 0. The van der Waals surface area contributed by atoms with Crippen molar-refractivity contribution in [3.8, 4) is 0 Å². The van der Waals surface area contributed by atoms with Gasteiger partial charge < -0.3 is 0 Å². The second-order valence-electron chi connectivity index (χ2n) is 3.35. The Balaban J connectivity index is 3.22. The van der Waals surface area contributed by atoms with Crippen molar-refractivity contribution >= 4 is 0 Å². The molecule has 0 bridgehead atoms. The van der Waals surface area contributed by atoms with Crippen LogP contribution in [-0.4, -0.2) is 18.5 Å². The van der Waals surface area contributed by atoms with E-state index in [4.69, 9.17) is 0 Å². The summed E-state index contributed by atoms with van der Waals surface area (Å²) in [6, 6.07) is 4.38. The van der Waals surface area contributed by atoms with E-state index in [0.29, 0.717) is 12.1 Å². The van der Waals surface area contributed by atoms with Crippen LogP contribution in [0.1, 0.15) is 5.56 Å². The van der Waals surface area contributed by atoms with Crippen LogP contribution >= 0.6 is 0 Å². The summed E-state index contributed by atoms with van der Waals surface area (Å²) in [4.78, 5) is 0. The van der Waals surface area contributed by atoms with Crippen LogP contribution in [0, 0.1) is 0 Å². The Bertz CT molecular complexity index is 372. The lowest BCUT2D eigenvalue weighted by atomic mass is 9.98. The van der Waals surface area contributed by atoms with Gasteiger partial charge in [0, 0.05) is 5.56 Å². The van der Waals surface area contributed by atoms with E-state index in [-0.39, 0.29) is 0 Å². The maximum Gasteiger partial charge on any atom is 0.378 e. The van der Waals surface area contributed by atoms with Crippen LogP contribution in [0.3, 0.4) is 0 Å². The fourth-order valence-corrected chi connectivity index (χ4v) is 1.14. The van der Waals surface area contributed by atoms with Crippen LogP contribution in [0.25, 0.3) is 0 Å². The maximum atomic E-state index is 13.2. The molecule has 0 radical (unpaired) electrons. The summed E-state index contributed by atoms with van der Waals surface area (Å²) in [5.74, 6) is -16.4. The zero-order chi connectivity index (χ0) is 13.3. The molecular formula is C10H7F7. The van der Waals surface area contributed by atoms with Gasteiger partial charge in [0.15, 0.2) is 6.67 Å². The number of rotatable bonds is 4. The number of halogens is 7. The summed E-state index contributed by atoms with van der Waals surface area (Å²) in [7, 11) is 0. The van der Waals surface area contributed by atoms with Gasteiger partial charge in [0.2, 0.25) is 0 Å². The molecule has 0 heterocycles. The lowest BCUT2D eigenvalue weighted by Crippen LogP contribution is -2.53. The molecule has 0 saturated heterocycles. The molecule has 0 unspecified atom stereocenters. The van der Waals surface area contributed by atoms with Crippen LogP contribution in [-0.2, 0) is 5.92 Å². The van der Waals surface area contributed by atoms with Gasteiger partial charge in [0.25, 0.3) is 0 Å². The summed E-state index contributed by atoms with van der Waals surface area (Å²) in [6.07, 6.45) is 0. The van der Waals surface area contributed by atoms with Crippen molar-refractivity contribution < 1.29 is 30.7 Å². The van der Waals surface area contributed by atoms with Gasteiger partial charge in [-0.2, -0.15) is 26.3 Å². The molecule has 0 fully saturated rings. The first-order valence-corrected chi connectivity index (χ1v) is 4.42. The third-order valence-electron chi connectivity index (χ3n) is 2.16. The van der Waals surface area contributed by atoms with Crippen LogP contribution in [0.4, 0.5) is 30.7 Å². The minimum Gasteiger partial charge on any atom is -0.244 e. The number of hydrogen-bond acceptors (Lipinski definition) is 0. The Hall–Kier alpha value is -1.27. The van der Waals surface area contributed by atoms with Crippen LogP contribution < -0.4 is 0 Å². The SMILES string of the molecule is FCC(F)(F)C(F)(F)C(F)(F)c1ccccc1. The van der Waals surface area contributed by atoms with E-state index in [1.165, 1.54) is 6.07 Å². The first kappa shape index (κ1) is 13.8. The molecule has 0 nitrogen and oxygen atoms in total. The quantitative estimate of drug-likeness (QED) is 0.717. The summed E-state index contributed by atoms with van der Waals surface area (Å²) in [5, 5.41) is 0. The van der Waals surface area contributed by atoms with E-state index in [9.17, 15) is 30.7 Å². The molecule has 1 aromatic carbocycles. The molecule has 0 aromatic heterocycles. The lowest BCUT2D eigenvalue weighted by Gasteiger charge is -2.31. The highest BCUT2D eigenvalue weighted by atomic mass is 19.3. The van der Waals surface area contributed by atoms with Gasteiger partial charge in [-0.1, -0.05) is 30.3 Å². The smallest absolute Gasteiger partial charge is 0.244 e. The van der Waals surface area contributed by atoms with E-state index in [2.05, 4.69) is 0 Å². The van der Waals surface area contributed by atoms with Gasteiger partial charge in [-0.05, 0) is 0 Å². The molecular weight excluding hydrogens is 253 g/mol. The molecule has 0 aliphatic carbocycles. The van der Waals surface area contributed by atoms with E-state index >= 15 is 0 Å². The van der Waals surface area contributed by atoms with Crippen molar-refractivity contribution in [1.29, 1.82) is 0 Å². The highest BCUT2D eigenvalue weighted by molar-refractivity contribution is 5.23. The maximum absolute atomic E-state index is 13.2. The molecule has 0 spiro atoms. The third-order valence-corrected chi connectivity index (χ3v) is 2.16. The fraction of sp³-hybridized carbons (Fsp3) is 0.400. The van der Waals surface area contributed by atoms with E-state index in [1.807, 2.05) is 0 Å².